The summed E-state index contributed by atoms with van der Waals surface area (Å²) in [5.41, 5.74) is 2.10. The van der Waals surface area contributed by atoms with Crippen LogP contribution in [-0.2, 0) is 10.0 Å². The molecule has 0 radical (unpaired) electrons. The van der Waals surface area contributed by atoms with Crippen LogP contribution in [0.2, 0.25) is 0 Å². The zero-order chi connectivity index (χ0) is 21.3. The number of hydrogen-bond donors (Lipinski definition) is 0. The fourth-order valence-corrected chi connectivity index (χ4v) is 6.62. The Hall–Kier alpha value is -2.23. The molecule has 4 rings (SSSR count). The van der Waals surface area contributed by atoms with Crippen molar-refractivity contribution in [2.45, 2.75) is 24.0 Å². The zero-order valence-electron chi connectivity index (χ0n) is 16.9. The number of ketones is 1. The van der Waals surface area contributed by atoms with Crippen LogP contribution in [0.1, 0.15) is 40.5 Å². The number of piperazine rings is 1. The summed E-state index contributed by atoms with van der Waals surface area (Å²) in [5, 5.41) is 1.65. The second kappa shape index (κ2) is 8.49. The number of anilines is 1. The summed E-state index contributed by atoms with van der Waals surface area (Å²) in [6.07, 6.45) is 2.01. The molecule has 2 aromatic rings. The van der Waals surface area contributed by atoms with Crippen molar-refractivity contribution in [2.24, 2.45) is 0 Å². The van der Waals surface area contributed by atoms with E-state index in [2.05, 4.69) is 4.90 Å². The molecule has 7 nitrogen and oxygen atoms in total. The Kier molecular flexibility index (Phi) is 5.95. The SMILES string of the molecule is CC(=O)c1ccc(N2CCN(S(=O)(=O)c3cc(C(=O)N4CCCC4)cs3)CC2)cc1. The molecule has 9 heteroatoms. The van der Waals surface area contributed by atoms with Crippen LogP contribution >= 0.6 is 11.3 Å². The van der Waals surface area contributed by atoms with E-state index < -0.39 is 10.0 Å². The fraction of sp³-hybridized carbons (Fsp3) is 0.429. The minimum absolute atomic E-state index is 0.0241. The van der Waals surface area contributed by atoms with E-state index in [-0.39, 0.29) is 15.9 Å². The van der Waals surface area contributed by atoms with Gasteiger partial charge in [0.25, 0.3) is 15.9 Å². The number of benzene rings is 1. The Labute approximate surface area is 180 Å². The van der Waals surface area contributed by atoms with Crippen molar-refractivity contribution in [3.63, 3.8) is 0 Å². The Morgan fingerprint density at radius 3 is 2.13 bits per heavy atom. The summed E-state index contributed by atoms with van der Waals surface area (Å²) < 4.78 is 27.8. The lowest BCUT2D eigenvalue weighted by Gasteiger charge is -2.35. The van der Waals surface area contributed by atoms with Gasteiger partial charge in [-0.05, 0) is 50.1 Å². The Morgan fingerprint density at radius 1 is 0.900 bits per heavy atom. The van der Waals surface area contributed by atoms with Gasteiger partial charge in [0.2, 0.25) is 0 Å². The van der Waals surface area contributed by atoms with Gasteiger partial charge in [0.15, 0.2) is 5.78 Å². The average Bonchev–Trinajstić information content (AvgIpc) is 3.46. The number of hydrogen-bond acceptors (Lipinski definition) is 6. The summed E-state index contributed by atoms with van der Waals surface area (Å²) >= 11 is 1.12. The van der Waals surface area contributed by atoms with Crippen molar-refractivity contribution in [2.75, 3.05) is 44.2 Å². The van der Waals surface area contributed by atoms with Crippen molar-refractivity contribution < 1.29 is 18.0 Å². The first kappa shape index (κ1) is 21.0. The minimum atomic E-state index is -3.61. The van der Waals surface area contributed by atoms with Crippen molar-refractivity contribution in [3.8, 4) is 0 Å². The van der Waals surface area contributed by atoms with E-state index in [9.17, 15) is 18.0 Å². The lowest BCUT2D eigenvalue weighted by atomic mass is 10.1. The van der Waals surface area contributed by atoms with E-state index in [0.717, 1.165) is 43.0 Å². The van der Waals surface area contributed by atoms with E-state index in [0.29, 0.717) is 37.3 Å². The molecule has 1 aromatic heterocycles. The molecule has 3 heterocycles. The summed E-state index contributed by atoms with van der Waals surface area (Å²) in [4.78, 5) is 27.9. The molecule has 0 spiro atoms. The first-order chi connectivity index (χ1) is 14.4. The van der Waals surface area contributed by atoms with Gasteiger partial charge < -0.3 is 9.80 Å². The van der Waals surface area contributed by atoms with Gasteiger partial charge in [0, 0.05) is 55.9 Å². The van der Waals surface area contributed by atoms with Crippen LogP contribution in [0.3, 0.4) is 0 Å². The number of carbonyl (C=O) groups excluding carboxylic acids is 2. The van der Waals surface area contributed by atoms with E-state index in [1.54, 1.807) is 22.4 Å². The number of rotatable bonds is 5. The molecule has 2 saturated heterocycles. The molecule has 0 N–H and O–H groups in total. The molecule has 1 amide bonds. The van der Waals surface area contributed by atoms with E-state index in [1.807, 2.05) is 12.1 Å². The van der Waals surface area contributed by atoms with Gasteiger partial charge in [0.1, 0.15) is 4.21 Å². The maximum Gasteiger partial charge on any atom is 0.254 e. The second-order valence-corrected chi connectivity index (χ2v) is 10.7. The van der Waals surface area contributed by atoms with Crippen LogP contribution in [0, 0.1) is 0 Å². The van der Waals surface area contributed by atoms with Gasteiger partial charge in [0.05, 0.1) is 5.56 Å². The van der Waals surface area contributed by atoms with E-state index in [1.165, 1.54) is 17.3 Å². The van der Waals surface area contributed by atoms with E-state index >= 15 is 0 Å². The smallest absolute Gasteiger partial charge is 0.254 e. The van der Waals surface area contributed by atoms with Crippen molar-refractivity contribution in [3.05, 3.63) is 46.8 Å². The number of thiophene rings is 1. The topological polar surface area (TPSA) is 78.0 Å². The van der Waals surface area contributed by atoms with Gasteiger partial charge >= 0.3 is 0 Å². The number of nitrogens with zero attached hydrogens (tertiary/aromatic N) is 3. The van der Waals surface area contributed by atoms with E-state index in [4.69, 9.17) is 0 Å². The first-order valence-electron chi connectivity index (χ1n) is 10.1. The lowest BCUT2D eigenvalue weighted by molar-refractivity contribution is 0.0793. The van der Waals surface area contributed by atoms with Crippen LogP contribution in [0.4, 0.5) is 5.69 Å². The van der Waals surface area contributed by atoms with Gasteiger partial charge in [-0.1, -0.05) is 0 Å². The van der Waals surface area contributed by atoms with Crippen LogP contribution < -0.4 is 4.90 Å². The standard InChI is InChI=1S/C21H25N3O4S2/c1-16(25)17-4-6-19(7-5-17)22-10-12-24(13-11-22)30(27,28)20-14-18(15-29-20)21(26)23-8-2-3-9-23/h4-7,14-15H,2-3,8-13H2,1H3. The van der Waals surface area contributed by atoms with Crippen molar-refractivity contribution >= 4 is 38.7 Å². The van der Waals surface area contributed by atoms with Crippen LogP contribution in [0.15, 0.2) is 39.9 Å². The number of likely N-dealkylation sites (tertiary alicyclic amines) is 1. The number of Topliss-reactive ketones (excluding diaryl/α,β-unsaturated/α-hetero) is 1. The predicted molar refractivity (Wildman–Crippen MR) is 117 cm³/mol. The summed E-state index contributed by atoms with van der Waals surface area (Å²) in [6, 6.07) is 8.91. The van der Waals surface area contributed by atoms with Crippen molar-refractivity contribution in [1.29, 1.82) is 0 Å². The highest BCUT2D eigenvalue weighted by atomic mass is 32.2. The number of amides is 1. The molecule has 1 aromatic carbocycles. The third kappa shape index (κ3) is 4.14. The highest BCUT2D eigenvalue weighted by Gasteiger charge is 2.31. The summed E-state index contributed by atoms with van der Waals surface area (Å²) in [7, 11) is -3.61. The molecule has 2 aliphatic rings. The molecule has 2 fully saturated rings. The quantitative estimate of drug-likeness (QED) is 0.659. The monoisotopic (exact) mass is 447 g/mol. The molecule has 160 valence electrons. The maximum atomic E-state index is 13.1. The summed E-state index contributed by atoms with van der Waals surface area (Å²) in [6.45, 7) is 4.92. The molecule has 0 bridgehead atoms. The van der Waals surface area contributed by atoms with Crippen molar-refractivity contribution in [1.82, 2.24) is 9.21 Å². The molecule has 2 aliphatic heterocycles. The molecular formula is C21H25N3O4S2. The van der Waals surface area contributed by atoms with Gasteiger partial charge in [-0.2, -0.15) is 4.31 Å². The third-order valence-corrected chi connectivity index (χ3v) is 9.00. The molecule has 0 saturated carbocycles. The zero-order valence-corrected chi connectivity index (χ0v) is 18.5. The second-order valence-electron chi connectivity index (χ2n) is 7.65. The van der Waals surface area contributed by atoms with Gasteiger partial charge in [-0.25, -0.2) is 8.42 Å². The van der Waals surface area contributed by atoms with Crippen LogP contribution in [-0.4, -0.2) is 68.6 Å². The van der Waals surface area contributed by atoms with Gasteiger partial charge in [-0.3, -0.25) is 9.59 Å². The number of carbonyl (C=O) groups is 2. The maximum absolute atomic E-state index is 13.1. The number of sulfonamides is 1. The Morgan fingerprint density at radius 2 is 1.53 bits per heavy atom. The van der Waals surface area contributed by atoms with Crippen LogP contribution in [0.25, 0.3) is 0 Å². The molecule has 0 atom stereocenters. The molecule has 0 unspecified atom stereocenters. The highest BCUT2D eigenvalue weighted by molar-refractivity contribution is 7.91. The third-order valence-electron chi connectivity index (χ3n) is 5.69. The molecule has 0 aliphatic carbocycles. The molecular weight excluding hydrogens is 422 g/mol. The lowest BCUT2D eigenvalue weighted by Crippen LogP contribution is -2.48. The largest absolute Gasteiger partial charge is 0.369 e. The minimum Gasteiger partial charge on any atom is -0.369 e. The average molecular weight is 448 g/mol. The van der Waals surface area contributed by atoms with Gasteiger partial charge in [-0.15, -0.1) is 11.3 Å². The fourth-order valence-electron chi connectivity index (χ4n) is 3.89. The Balaban J connectivity index is 1.41. The summed E-state index contributed by atoms with van der Waals surface area (Å²) in [5.74, 6) is -0.0555. The normalized spacial score (nSPS) is 18.0. The first-order valence-corrected chi connectivity index (χ1v) is 12.4. The molecule has 30 heavy (non-hydrogen) atoms. The predicted octanol–water partition coefficient (Wildman–Crippen LogP) is 2.70. The Bertz CT molecular complexity index is 1030. The van der Waals surface area contributed by atoms with Crippen LogP contribution in [0.5, 0.6) is 0 Å². The highest BCUT2D eigenvalue weighted by Crippen LogP contribution is 2.27.